The zero-order valence-electron chi connectivity index (χ0n) is 1.87. The van der Waals surface area contributed by atoms with E-state index in [-0.39, 0.29) is 47.6 Å². The normalized spacial score (nSPS) is 3.60. The first-order chi connectivity index (χ1) is 1.41. The SMILES string of the molecule is Cl[Se]Cl.[Cr].[Cu]. The maximum atomic E-state index is 4.83. The molecule has 0 aliphatic rings. The fourth-order valence-corrected chi connectivity index (χ4v) is 0. The summed E-state index contributed by atoms with van der Waals surface area (Å²) in [5.74, 6) is 0. The Morgan fingerprint density at radius 2 is 1.20 bits per heavy atom. The zero-order valence-corrected chi connectivity index (χ0v) is 7.32. The molecule has 5 heavy (non-hydrogen) atoms. The molecule has 0 saturated carbocycles. The second kappa shape index (κ2) is 16.4. The topological polar surface area (TPSA) is 0 Å². The molecule has 37 valence electrons. The standard InChI is InChI=1S/Cl2Se.Cr.Cu/c1-3-2;;. The fourth-order valence-electron chi connectivity index (χ4n) is 0. The molecular formula is Cl2CrCuSe. The molecule has 0 nitrogen and oxygen atoms in total. The van der Waals surface area contributed by atoms with Crippen molar-refractivity contribution in [1.82, 2.24) is 0 Å². The second-order valence-electron chi connectivity index (χ2n) is 0.0583. The van der Waals surface area contributed by atoms with Gasteiger partial charge in [-0.2, -0.15) is 0 Å². The largest absolute Gasteiger partial charge is 0 e. The van der Waals surface area contributed by atoms with Crippen LogP contribution in [0.15, 0.2) is 0 Å². The predicted octanol–water partition coefficient (Wildman–Crippen LogP) is 0.993. The van der Waals surface area contributed by atoms with E-state index in [4.69, 9.17) is 20.2 Å². The van der Waals surface area contributed by atoms with Gasteiger partial charge in [-0.25, -0.2) is 0 Å². The first-order valence-electron chi connectivity index (χ1n) is 0.309. The van der Waals surface area contributed by atoms with Crippen molar-refractivity contribution in [3.05, 3.63) is 0 Å². The van der Waals surface area contributed by atoms with E-state index in [0.717, 1.165) is 0 Å². The molecule has 0 aliphatic carbocycles. The van der Waals surface area contributed by atoms with Crippen LogP contribution >= 0.6 is 20.2 Å². The van der Waals surface area contributed by atoms with Crippen molar-refractivity contribution in [1.29, 1.82) is 0 Å². The molecule has 0 heterocycles. The molecule has 0 aromatic carbocycles. The van der Waals surface area contributed by atoms with Crippen LogP contribution in [-0.4, -0.2) is 13.1 Å². The van der Waals surface area contributed by atoms with E-state index in [1.165, 1.54) is 0 Å². The second-order valence-corrected chi connectivity index (χ2v) is 2.73. The van der Waals surface area contributed by atoms with Crippen LogP contribution in [0.2, 0.25) is 0 Å². The van der Waals surface area contributed by atoms with Crippen molar-refractivity contribution in [3.63, 3.8) is 0 Å². The molecule has 0 aliphatic heterocycles. The summed E-state index contributed by atoms with van der Waals surface area (Å²) in [5.41, 5.74) is 0. The average Bonchev–Trinajstić information content (AvgIpc) is 0.918. The van der Waals surface area contributed by atoms with Gasteiger partial charge in [-0.05, 0) is 0 Å². The van der Waals surface area contributed by atoms with Gasteiger partial charge in [-0.15, -0.1) is 0 Å². The maximum Gasteiger partial charge on any atom is 0 e. The van der Waals surface area contributed by atoms with Gasteiger partial charge >= 0.3 is 33.3 Å². The third kappa shape index (κ3) is 22.9. The molecule has 0 aromatic heterocycles. The van der Waals surface area contributed by atoms with Crippen molar-refractivity contribution < 1.29 is 34.4 Å². The molecule has 0 saturated heterocycles. The van der Waals surface area contributed by atoms with Crippen molar-refractivity contribution in [2.45, 2.75) is 0 Å². The smallest absolute Gasteiger partial charge is 0 e. The summed E-state index contributed by atoms with van der Waals surface area (Å²) >= 11 is -0.181. The van der Waals surface area contributed by atoms with Crippen LogP contribution in [0.3, 0.4) is 0 Å². The summed E-state index contributed by atoms with van der Waals surface area (Å²) in [6, 6.07) is 0. The Kier molecular flexibility index (Phi) is 51.6. The van der Waals surface area contributed by atoms with E-state index in [2.05, 4.69) is 0 Å². The first kappa shape index (κ1) is 15.7. The summed E-state index contributed by atoms with van der Waals surface area (Å²) in [6.07, 6.45) is 0. The van der Waals surface area contributed by atoms with Crippen LogP contribution in [0.5, 0.6) is 0 Å². The minimum Gasteiger partial charge on any atom is 0 e. The van der Waals surface area contributed by atoms with Gasteiger partial charge in [0.2, 0.25) is 0 Å². The molecule has 0 amide bonds. The molecule has 0 unspecified atom stereocenters. The van der Waals surface area contributed by atoms with Gasteiger partial charge < -0.3 is 0 Å². The van der Waals surface area contributed by atoms with Gasteiger partial charge in [0.1, 0.15) is 0 Å². The van der Waals surface area contributed by atoms with Gasteiger partial charge in [-0.3, -0.25) is 0 Å². The van der Waals surface area contributed by atoms with E-state index in [1.807, 2.05) is 0 Å². The van der Waals surface area contributed by atoms with Gasteiger partial charge in [0.05, 0.1) is 0 Å². The molecule has 0 fully saturated rings. The van der Waals surface area contributed by atoms with Gasteiger partial charge in [0, 0.05) is 34.4 Å². The zero-order chi connectivity index (χ0) is 2.71. The minimum atomic E-state index is -0.181. The first-order valence-corrected chi connectivity index (χ1v) is 4.81. The van der Waals surface area contributed by atoms with Crippen molar-refractivity contribution >= 4 is 33.3 Å². The number of hydrogen-bond donors (Lipinski definition) is 0. The van der Waals surface area contributed by atoms with Crippen LogP contribution < -0.4 is 0 Å². The molecule has 0 bridgehead atoms. The van der Waals surface area contributed by atoms with Crippen molar-refractivity contribution in [2.24, 2.45) is 0 Å². The Labute approximate surface area is 67.2 Å². The van der Waals surface area contributed by atoms with E-state index < -0.39 is 0 Å². The molecule has 0 spiro atoms. The summed E-state index contributed by atoms with van der Waals surface area (Å²) in [6.45, 7) is 0. The van der Waals surface area contributed by atoms with Crippen LogP contribution in [0, 0.1) is 0 Å². The predicted molar refractivity (Wildman–Crippen MR) is 17.5 cm³/mol. The summed E-state index contributed by atoms with van der Waals surface area (Å²) in [4.78, 5) is 0. The Hall–Kier alpha value is 2.15. The Bertz CT molecular complexity index is 9.61. The van der Waals surface area contributed by atoms with E-state index in [1.54, 1.807) is 0 Å². The minimum absolute atomic E-state index is 0. The van der Waals surface area contributed by atoms with Crippen LogP contribution in [0.25, 0.3) is 0 Å². The third-order valence-corrected chi connectivity index (χ3v) is 0. The van der Waals surface area contributed by atoms with Crippen molar-refractivity contribution in [3.8, 4) is 0 Å². The maximum absolute atomic E-state index is 4.83. The summed E-state index contributed by atoms with van der Waals surface area (Å²) in [7, 11) is 9.65. The number of halogens is 2. The molecule has 1 radical (unpaired) electrons. The third-order valence-electron chi connectivity index (χ3n) is 0. The molecular weight excluding hydrogens is 265 g/mol. The summed E-state index contributed by atoms with van der Waals surface area (Å²) in [5, 5.41) is 0. The number of rotatable bonds is 0. The van der Waals surface area contributed by atoms with Gasteiger partial charge in [0.15, 0.2) is 0 Å². The number of hydrogen-bond acceptors (Lipinski definition) is 0. The van der Waals surface area contributed by atoms with Crippen LogP contribution in [0.4, 0.5) is 0 Å². The monoisotopic (exact) mass is 265 g/mol. The van der Waals surface area contributed by atoms with Gasteiger partial charge in [0.25, 0.3) is 0 Å². The van der Waals surface area contributed by atoms with Crippen LogP contribution in [0.1, 0.15) is 0 Å². The Balaban J connectivity index is -0.0000000200. The fraction of sp³-hybridized carbons (Fsp3) is 0. The Morgan fingerprint density at radius 3 is 1.20 bits per heavy atom. The molecule has 0 rings (SSSR count). The van der Waals surface area contributed by atoms with Gasteiger partial charge in [-0.1, -0.05) is 0 Å². The van der Waals surface area contributed by atoms with E-state index >= 15 is 0 Å². The van der Waals surface area contributed by atoms with E-state index in [9.17, 15) is 0 Å². The quantitative estimate of drug-likeness (QED) is 0.573. The average molecular weight is 265 g/mol. The van der Waals surface area contributed by atoms with Crippen LogP contribution in [-0.2, 0) is 34.4 Å². The molecule has 5 heteroatoms. The molecule has 0 atom stereocenters. The van der Waals surface area contributed by atoms with Crippen molar-refractivity contribution in [2.75, 3.05) is 0 Å². The molecule has 0 N–H and O–H groups in total. The van der Waals surface area contributed by atoms with E-state index in [0.29, 0.717) is 0 Å². The molecule has 0 aromatic rings. The Morgan fingerprint density at radius 1 is 1.20 bits per heavy atom. The summed E-state index contributed by atoms with van der Waals surface area (Å²) < 4.78 is 0.